The summed E-state index contributed by atoms with van der Waals surface area (Å²) in [6.07, 6.45) is 0. The number of nitrogens with zero attached hydrogens (tertiary/aromatic N) is 1. The monoisotopic (exact) mass is 458 g/mol. The molecule has 8 nitrogen and oxygen atoms in total. The summed E-state index contributed by atoms with van der Waals surface area (Å²) in [5, 5.41) is 10.8. The van der Waals surface area contributed by atoms with E-state index >= 15 is 0 Å². The molecule has 4 aromatic rings. The topological polar surface area (TPSA) is 111 Å². The minimum atomic E-state index is -1.25. The third kappa shape index (κ3) is 3.80. The van der Waals surface area contributed by atoms with Gasteiger partial charge in [0.15, 0.2) is 0 Å². The first-order valence-corrected chi connectivity index (χ1v) is 10.2. The standard InChI is InChI=1S/C21H15ClN2O6S/c1-29-16-5-3-2-4-11(16)9-30-12-6-7-13(22)15(8-12)24-19(25)17-14(23-21(24)28)10-31-18(17)20(26)27/h2-8,10H,9H2,1H3,(H,23,28)(H,26,27). The molecule has 0 aliphatic rings. The number of aromatic nitrogens is 2. The average molecular weight is 459 g/mol. The molecule has 2 aromatic heterocycles. The first-order chi connectivity index (χ1) is 14.9. The number of aromatic carboxylic acids is 1. The molecular formula is C21H15ClN2O6S. The molecule has 2 aromatic carbocycles. The van der Waals surface area contributed by atoms with Crippen LogP contribution in [0, 0.1) is 0 Å². The van der Waals surface area contributed by atoms with Crippen LogP contribution in [0.2, 0.25) is 5.02 Å². The number of carboxylic acids is 1. The predicted molar refractivity (Wildman–Crippen MR) is 117 cm³/mol. The van der Waals surface area contributed by atoms with Crippen molar-refractivity contribution in [3.8, 4) is 17.2 Å². The normalized spacial score (nSPS) is 10.9. The van der Waals surface area contributed by atoms with E-state index in [0.29, 0.717) is 11.5 Å². The van der Waals surface area contributed by atoms with Gasteiger partial charge in [-0.05, 0) is 18.2 Å². The number of aromatic amines is 1. The van der Waals surface area contributed by atoms with Crippen molar-refractivity contribution in [2.45, 2.75) is 6.61 Å². The number of H-pyrrole nitrogens is 1. The van der Waals surface area contributed by atoms with E-state index in [2.05, 4.69) is 4.98 Å². The Morgan fingerprint density at radius 3 is 2.74 bits per heavy atom. The van der Waals surface area contributed by atoms with E-state index < -0.39 is 17.2 Å². The number of thiophene rings is 1. The lowest BCUT2D eigenvalue weighted by Crippen LogP contribution is -2.34. The minimum absolute atomic E-state index is 0.0786. The highest BCUT2D eigenvalue weighted by Crippen LogP contribution is 2.27. The molecule has 0 fully saturated rings. The van der Waals surface area contributed by atoms with Gasteiger partial charge in [-0.2, -0.15) is 0 Å². The second-order valence-electron chi connectivity index (χ2n) is 6.44. The molecule has 4 rings (SSSR count). The lowest BCUT2D eigenvalue weighted by Gasteiger charge is -2.12. The van der Waals surface area contributed by atoms with Crippen LogP contribution >= 0.6 is 22.9 Å². The SMILES string of the molecule is COc1ccccc1COc1ccc(Cl)c(-n2c(=O)[nH]c3csc(C(=O)O)c3c2=O)c1. The van der Waals surface area contributed by atoms with Crippen molar-refractivity contribution < 1.29 is 19.4 Å². The van der Waals surface area contributed by atoms with Crippen molar-refractivity contribution in [2.24, 2.45) is 0 Å². The molecule has 0 atom stereocenters. The molecule has 0 aliphatic heterocycles. The Morgan fingerprint density at radius 1 is 1.23 bits per heavy atom. The maximum absolute atomic E-state index is 13.0. The van der Waals surface area contributed by atoms with Crippen molar-refractivity contribution in [3.05, 3.63) is 84.1 Å². The van der Waals surface area contributed by atoms with E-state index in [4.69, 9.17) is 21.1 Å². The predicted octanol–water partition coefficient (Wildman–Crippen LogP) is 3.68. The largest absolute Gasteiger partial charge is 0.496 e. The number of hydrogen-bond donors (Lipinski definition) is 2. The van der Waals surface area contributed by atoms with Gasteiger partial charge in [-0.3, -0.25) is 4.79 Å². The number of rotatable bonds is 6. The molecule has 31 heavy (non-hydrogen) atoms. The number of halogens is 1. The van der Waals surface area contributed by atoms with Gasteiger partial charge in [0.25, 0.3) is 5.56 Å². The third-order valence-corrected chi connectivity index (χ3v) is 5.88. The van der Waals surface area contributed by atoms with Gasteiger partial charge in [0.05, 0.1) is 28.7 Å². The Hall–Kier alpha value is -3.56. The molecule has 0 saturated carbocycles. The molecule has 2 heterocycles. The number of carboxylic acid groups (broad SMARTS) is 1. The van der Waals surface area contributed by atoms with Gasteiger partial charge < -0.3 is 19.6 Å². The van der Waals surface area contributed by atoms with E-state index in [1.807, 2.05) is 18.2 Å². The van der Waals surface area contributed by atoms with Crippen LogP contribution < -0.4 is 20.7 Å². The quantitative estimate of drug-likeness (QED) is 0.456. The van der Waals surface area contributed by atoms with Crippen molar-refractivity contribution >= 4 is 39.8 Å². The Bertz CT molecular complexity index is 1420. The number of hydrogen-bond acceptors (Lipinski definition) is 6. The lowest BCUT2D eigenvalue weighted by molar-refractivity contribution is 0.0704. The fraction of sp³-hybridized carbons (Fsp3) is 0.0952. The fourth-order valence-electron chi connectivity index (χ4n) is 3.15. The number of carbonyl (C=O) groups is 1. The highest BCUT2D eigenvalue weighted by atomic mass is 35.5. The summed E-state index contributed by atoms with van der Waals surface area (Å²) in [6.45, 7) is 0.184. The van der Waals surface area contributed by atoms with E-state index in [-0.39, 0.29) is 33.1 Å². The van der Waals surface area contributed by atoms with Crippen LogP contribution in [0.25, 0.3) is 16.6 Å². The van der Waals surface area contributed by atoms with Crippen LogP contribution in [0.15, 0.2) is 57.4 Å². The van der Waals surface area contributed by atoms with E-state index in [0.717, 1.165) is 21.5 Å². The zero-order chi connectivity index (χ0) is 22.1. The Morgan fingerprint density at radius 2 is 2.00 bits per heavy atom. The molecule has 0 bridgehead atoms. The van der Waals surface area contributed by atoms with Gasteiger partial charge in [0.1, 0.15) is 23.0 Å². The van der Waals surface area contributed by atoms with Gasteiger partial charge in [0.2, 0.25) is 0 Å². The molecule has 2 N–H and O–H groups in total. The Balaban J connectivity index is 1.78. The van der Waals surface area contributed by atoms with Crippen molar-refractivity contribution in [3.63, 3.8) is 0 Å². The zero-order valence-electron chi connectivity index (χ0n) is 16.0. The maximum Gasteiger partial charge on any atom is 0.346 e. The first kappa shape index (κ1) is 20.7. The molecule has 0 amide bonds. The van der Waals surface area contributed by atoms with Crippen LogP contribution in [0.3, 0.4) is 0 Å². The van der Waals surface area contributed by atoms with E-state index in [1.54, 1.807) is 19.2 Å². The number of fused-ring (bicyclic) bond motifs is 1. The van der Waals surface area contributed by atoms with Crippen molar-refractivity contribution in [1.82, 2.24) is 9.55 Å². The van der Waals surface area contributed by atoms with Crippen molar-refractivity contribution in [1.29, 1.82) is 0 Å². The summed E-state index contributed by atoms with van der Waals surface area (Å²) in [4.78, 5) is 39.5. The molecular weight excluding hydrogens is 444 g/mol. The Labute approximate surface area is 183 Å². The van der Waals surface area contributed by atoms with Crippen LogP contribution in [-0.2, 0) is 6.61 Å². The number of nitrogens with one attached hydrogen (secondary N) is 1. The minimum Gasteiger partial charge on any atom is -0.496 e. The molecule has 158 valence electrons. The fourth-order valence-corrected chi connectivity index (χ4v) is 4.18. The number of ether oxygens (including phenoxy) is 2. The second kappa shape index (κ2) is 8.29. The summed E-state index contributed by atoms with van der Waals surface area (Å²) >= 11 is 7.13. The summed E-state index contributed by atoms with van der Waals surface area (Å²) < 4.78 is 11.9. The molecule has 0 radical (unpaired) electrons. The number of para-hydroxylation sites is 1. The maximum atomic E-state index is 13.0. The van der Waals surface area contributed by atoms with E-state index in [1.165, 1.54) is 17.5 Å². The summed E-state index contributed by atoms with van der Waals surface area (Å²) in [7, 11) is 1.56. The molecule has 10 heteroatoms. The summed E-state index contributed by atoms with van der Waals surface area (Å²) in [5.41, 5.74) is -0.470. The zero-order valence-corrected chi connectivity index (χ0v) is 17.6. The van der Waals surface area contributed by atoms with Crippen LogP contribution in [0.1, 0.15) is 15.2 Å². The first-order valence-electron chi connectivity index (χ1n) is 8.95. The molecule has 0 aliphatic carbocycles. The number of benzene rings is 2. The molecule has 0 spiro atoms. The van der Waals surface area contributed by atoms with Gasteiger partial charge >= 0.3 is 11.7 Å². The van der Waals surface area contributed by atoms with Gasteiger partial charge in [0, 0.05) is 17.0 Å². The second-order valence-corrected chi connectivity index (χ2v) is 7.73. The van der Waals surface area contributed by atoms with E-state index in [9.17, 15) is 19.5 Å². The van der Waals surface area contributed by atoms with Gasteiger partial charge in [-0.25, -0.2) is 14.2 Å². The lowest BCUT2D eigenvalue weighted by atomic mass is 10.2. The van der Waals surface area contributed by atoms with Crippen molar-refractivity contribution in [2.75, 3.05) is 7.11 Å². The molecule has 0 unspecified atom stereocenters. The van der Waals surface area contributed by atoms with Gasteiger partial charge in [-0.1, -0.05) is 29.8 Å². The smallest absolute Gasteiger partial charge is 0.346 e. The average Bonchev–Trinajstić information content (AvgIpc) is 3.18. The summed E-state index contributed by atoms with van der Waals surface area (Å²) in [5.74, 6) is -0.232. The summed E-state index contributed by atoms with van der Waals surface area (Å²) in [6, 6.07) is 11.9. The number of methoxy groups -OCH3 is 1. The Kier molecular flexibility index (Phi) is 5.53. The van der Waals surface area contributed by atoms with Crippen LogP contribution in [0.4, 0.5) is 0 Å². The third-order valence-electron chi connectivity index (χ3n) is 4.59. The van der Waals surface area contributed by atoms with Crippen LogP contribution in [0.5, 0.6) is 11.5 Å². The highest BCUT2D eigenvalue weighted by molar-refractivity contribution is 7.13. The van der Waals surface area contributed by atoms with Gasteiger partial charge in [-0.15, -0.1) is 11.3 Å². The van der Waals surface area contributed by atoms with Crippen LogP contribution in [-0.4, -0.2) is 27.7 Å². The molecule has 0 saturated heterocycles. The highest BCUT2D eigenvalue weighted by Gasteiger charge is 2.20.